The molecule has 4 nitrogen and oxygen atoms in total. The minimum atomic E-state index is -3.20. The van der Waals surface area contributed by atoms with E-state index in [1.54, 1.807) is 30.4 Å². The standard InChI is InChI=1S/C13H16N2O2S2/c1-2-19(16,17)15-13-5-3-12(4-6-13)14-9-11-7-8-18-10-11/h3-8,10,14-15H,2,9H2,1H3. The summed E-state index contributed by atoms with van der Waals surface area (Å²) in [6, 6.07) is 9.30. The minimum Gasteiger partial charge on any atom is -0.381 e. The second-order valence-electron chi connectivity index (χ2n) is 4.07. The second-order valence-corrected chi connectivity index (χ2v) is 6.86. The van der Waals surface area contributed by atoms with Crippen LogP contribution in [0.2, 0.25) is 0 Å². The number of nitrogens with one attached hydrogen (secondary N) is 2. The Morgan fingerprint density at radius 3 is 2.37 bits per heavy atom. The van der Waals surface area contributed by atoms with Crippen LogP contribution >= 0.6 is 11.3 Å². The molecule has 0 spiro atoms. The van der Waals surface area contributed by atoms with Crippen molar-refractivity contribution in [3.63, 3.8) is 0 Å². The topological polar surface area (TPSA) is 58.2 Å². The monoisotopic (exact) mass is 296 g/mol. The summed E-state index contributed by atoms with van der Waals surface area (Å²) in [5.41, 5.74) is 2.79. The largest absolute Gasteiger partial charge is 0.381 e. The highest BCUT2D eigenvalue weighted by molar-refractivity contribution is 7.92. The molecule has 0 amide bonds. The zero-order valence-electron chi connectivity index (χ0n) is 10.6. The average molecular weight is 296 g/mol. The molecule has 1 heterocycles. The highest BCUT2D eigenvalue weighted by atomic mass is 32.2. The summed E-state index contributed by atoms with van der Waals surface area (Å²) < 4.78 is 25.3. The third kappa shape index (κ3) is 4.25. The van der Waals surface area contributed by atoms with E-state index in [1.807, 2.05) is 17.5 Å². The lowest BCUT2D eigenvalue weighted by molar-refractivity contribution is 0.602. The Morgan fingerprint density at radius 2 is 1.79 bits per heavy atom. The fourth-order valence-electron chi connectivity index (χ4n) is 1.51. The van der Waals surface area contributed by atoms with E-state index >= 15 is 0 Å². The number of anilines is 2. The van der Waals surface area contributed by atoms with E-state index in [-0.39, 0.29) is 5.75 Å². The molecule has 1 aromatic carbocycles. The van der Waals surface area contributed by atoms with Gasteiger partial charge in [-0.05, 0) is 53.6 Å². The third-order valence-electron chi connectivity index (χ3n) is 2.62. The van der Waals surface area contributed by atoms with Crippen LogP contribution in [0.5, 0.6) is 0 Å². The van der Waals surface area contributed by atoms with Crippen molar-refractivity contribution in [1.29, 1.82) is 0 Å². The molecular weight excluding hydrogens is 280 g/mol. The van der Waals surface area contributed by atoms with E-state index in [2.05, 4.69) is 21.5 Å². The first-order valence-electron chi connectivity index (χ1n) is 5.94. The van der Waals surface area contributed by atoms with E-state index in [0.717, 1.165) is 12.2 Å². The molecule has 0 aliphatic heterocycles. The summed E-state index contributed by atoms with van der Waals surface area (Å²) in [5.74, 6) is 0.0746. The first kappa shape index (κ1) is 13.9. The van der Waals surface area contributed by atoms with E-state index in [9.17, 15) is 8.42 Å². The number of rotatable bonds is 6. The Labute approximate surface area is 117 Å². The highest BCUT2D eigenvalue weighted by Gasteiger charge is 2.06. The first-order chi connectivity index (χ1) is 9.09. The summed E-state index contributed by atoms with van der Waals surface area (Å²) in [7, 11) is -3.20. The number of hydrogen-bond donors (Lipinski definition) is 2. The summed E-state index contributed by atoms with van der Waals surface area (Å²) in [4.78, 5) is 0. The molecule has 2 aromatic rings. The van der Waals surface area contributed by atoms with Gasteiger partial charge < -0.3 is 5.32 Å². The maximum absolute atomic E-state index is 11.4. The number of hydrogen-bond acceptors (Lipinski definition) is 4. The van der Waals surface area contributed by atoms with Crippen LogP contribution < -0.4 is 10.0 Å². The lowest BCUT2D eigenvalue weighted by atomic mass is 10.2. The van der Waals surface area contributed by atoms with Crippen LogP contribution in [0.4, 0.5) is 11.4 Å². The smallest absolute Gasteiger partial charge is 0.232 e. The van der Waals surface area contributed by atoms with Gasteiger partial charge in [-0.3, -0.25) is 4.72 Å². The van der Waals surface area contributed by atoms with Crippen molar-refractivity contribution in [2.45, 2.75) is 13.5 Å². The predicted octanol–water partition coefficient (Wildman–Crippen LogP) is 3.12. The van der Waals surface area contributed by atoms with Crippen molar-refractivity contribution in [2.75, 3.05) is 15.8 Å². The number of sulfonamides is 1. The molecule has 0 unspecified atom stereocenters. The molecule has 0 aliphatic rings. The molecule has 0 atom stereocenters. The molecule has 2 N–H and O–H groups in total. The summed E-state index contributed by atoms with van der Waals surface area (Å²) in [6.07, 6.45) is 0. The van der Waals surface area contributed by atoms with E-state index in [0.29, 0.717) is 5.69 Å². The second kappa shape index (κ2) is 6.08. The zero-order chi connectivity index (χ0) is 13.7. The highest BCUT2D eigenvalue weighted by Crippen LogP contribution is 2.16. The molecule has 2 rings (SSSR count). The Morgan fingerprint density at radius 1 is 1.11 bits per heavy atom. The van der Waals surface area contributed by atoms with Gasteiger partial charge in [0.2, 0.25) is 10.0 Å². The van der Waals surface area contributed by atoms with Crippen molar-refractivity contribution < 1.29 is 8.42 Å². The summed E-state index contributed by atoms with van der Waals surface area (Å²) >= 11 is 1.67. The van der Waals surface area contributed by atoms with Crippen molar-refractivity contribution >= 4 is 32.7 Å². The van der Waals surface area contributed by atoms with Gasteiger partial charge in [-0.15, -0.1) is 0 Å². The average Bonchev–Trinajstić information content (AvgIpc) is 2.91. The Bertz CT molecular complexity index is 605. The van der Waals surface area contributed by atoms with Gasteiger partial charge in [0.1, 0.15) is 0 Å². The minimum absolute atomic E-state index is 0.0746. The molecule has 102 valence electrons. The predicted molar refractivity (Wildman–Crippen MR) is 81.2 cm³/mol. The molecule has 0 saturated carbocycles. The van der Waals surface area contributed by atoms with Gasteiger partial charge >= 0.3 is 0 Å². The maximum Gasteiger partial charge on any atom is 0.232 e. The van der Waals surface area contributed by atoms with Crippen molar-refractivity contribution in [3.8, 4) is 0 Å². The van der Waals surface area contributed by atoms with Gasteiger partial charge in [-0.2, -0.15) is 11.3 Å². The van der Waals surface area contributed by atoms with E-state index < -0.39 is 10.0 Å². The third-order valence-corrected chi connectivity index (χ3v) is 4.65. The molecule has 0 saturated heterocycles. The van der Waals surface area contributed by atoms with Gasteiger partial charge in [0.15, 0.2) is 0 Å². The van der Waals surface area contributed by atoms with Gasteiger partial charge in [-0.25, -0.2) is 8.42 Å². The van der Waals surface area contributed by atoms with Crippen LogP contribution in [-0.4, -0.2) is 14.2 Å². The van der Waals surface area contributed by atoms with Crippen LogP contribution in [0.1, 0.15) is 12.5 Å². The lowest BCUT2D eigenvalue weighted by Crippen LogP contribution is -2.14. The molecule has 0 radical (unpaired) electrons. The van der Waals surface area contributed by atoms with Gasteiger partial charge in [0.05, 0.1) is 5.75 Å². The van der Waals surface area contributed by atoms with Crippen LogP contribution in [0.3, 0.4) is 0 Å². The van der Waals surface area contributed by atoms with Crippen LogP contribution in [0.25, 0.3) is 0 Å². The van der Waals surface area contributed by atoms with Gasteiger partial charge in [0, 0.05) is 17.9 Å². The maximum atomic E-state index is 11.4. The summed E-state index contributed by atoms with van der Waals surface area (Å²) in [6.45, 7) is 2.38. The molecule has 6 heteroatoms. The Balaban J connectivity index is 1.95. The molecule has 0 fully saturated rings. The molecule has 0 aliphatic carbocycles. The lowest BCUT2D eigenvalue weighted by Gasteiger charge is -2.08. The van der Waals surface area contributed by atoms with E-state index in [4.69, 9.17) is 0 Å². The summed E-state index contributed by atoms with van der Waals surface area (Å²) in [5, 5.41) is 7.42. The van der Waals surface area contributed by atoms with Gasteiger partial charge in [-0.1, -0.05) is 0 Å². The Hall–Kier alpha value is -1.53. The first-order valence-corrected chi connectivity index (χ1v) is 8.54. The Kier molecular flexibility index (Phi) is 4.44. The molecule has 19 heavy (non-hydrogen) atoms. The van der Waals surface area contributed by atoms with Crippen LogP contribution in [-0.2, 0) is 16.6 Å². The van der Waals surface area contributed by atoms with Crippen LogP contribution in [0.15, 0.2) is 41.1 Å². The van der Waals surface area contributed by atoms with Crippen molar-refractivity contribution in [2.24, 2.45) is 0 Å². The molecular formula is C13H16N2O2S2. The quantitative estimate of drug-likeness (QED) is 0.861. The SMILES string of the molecule is CCS(=O)(=O)Nc1ccc(NCc2ccsc2)cc1. The molecule has 0 bridgehead atoms. The molecule has 1 aromatic heterocycles. The van der Waals surface area contributed by atoms with Crippen molar-refractivity contribution in [3.05, 3.63) is 46.7 Å². The van der Waals surface area contributed by atoms with E-state index in [1.165, 1.54) is 5.56 Å². The van der Waals surface area contributed by atoms with Crippen LogP contribution in [0, 0.1) is 0 Å². The van der Waals surface area contributed by atoms with Gasteiger partial charge in [0.25, 0.3) is 0 Å². The fraction of sp³-hybridized carbons (Fsp3) is 0.231. The van der Waals surface area contributed by atoms with Crippen molar-refractivity contribution in [1.82, 2.24) is 0 Å². The normalized spacial score (nSPS) is 11.2. The zero-order valence-corrected chi connectivity index (χ0v) is 12.2. The number of thiophene rings is 1. The number of benzene rings is 1. The fourth-order valence-corrected chi connectivity index (χ4v) is 2.81.